The van der Waals surface area contributed by atoms with Crippen LogP contribution in [0.5, 0.6) is 5.75 Å². The molecule has 0 N–H and O–H groups in total. The lowest BCUT2D eigenvalue weighted by molar-refractivity contribution is -0.149. The maximum absolute atomic E-state index is 11.6. The van der Waals surface area contributed by atoms with Crippen molar-refractivity contribution in [1.29, 1.82) is 5.26 Å². The van der Waals surface area contributed by atoms with Crippen molar-refractivity contribution < 1.29 is 14.3 Å². The van der Waals surface area contributed by atoms with Gasteiger partial charge >= 0.3 is 5.97 Å². The van der Waals surface area contributed by atoms with Crippen molar-refractivity contribution in [3.63, 3.8) is 0 Å². The minimum absolute atomic E-state index is 0.236. The van der Waals surface area contributed by atoms with Crippen LogP contribution in [0, 0.1) is 17.2 Å². The zero-order chi connectivity index (χ0) is 12.3. The van der Waals surface area contributed by atoms with Crippen LogP contribution in [0.25, 0.3) is 0 Å². The number of esters is 1. The summed E-state index contributed by atoms with van der Waals surface area (Å²) in [6.45, 7) is 2.50. The van der Waals surface area contributed by atoms with Crippen molar-refractivity contribution in [2.45, 2.75) is 13.3 Å². The number of ether oxygens (including phenoxy) is 2. The molecule has 0 saturated carbocycles. The largest absolute Gasteiger partial charge is 0.492 e. The van der Waals surface area contributed by atoms with Crippen molar-refractivity contribution in [3.05, 3.63) is 29.3 Å². The van der Waals surface area contributed by atoms with Gasteiger partial charge in [-0.25, -0.2) is 0 Å². The molecule has 4 nitrogen and oxygen atoms in total. The Morgan fingerprint density at radius 2 is 2.47 bits per heavy atom. The van der Waals surface area contributed by atoms with Gasteiger partial charge in [-0.3, -0.25) is 4.79 Å². The van der Waals surface area contributed by atoms with E-state index in [0.717, 1.165) is 11.3 Å². The van der Waals surface area contributed by atoms with Crippen LogP contribution >= 0.6 is 0 Å². The molecule has 1 aliphatic rings. The number of nitriles is 1. The molecule has 2 rings (SSSR count). The van der Waals surface area contributed by atoms with Crippen LogP contribution in [0.15, 0.2) is 18.2 Å². The smallest absolute Gasteiger partial charge is 0.312 e. The predicted octanol–water partition coefficient (Wildman–Crippen LogP) is 1.67. The van der Waals surface area contributed by atoms with E-state index in [1.54, 1.807) is 25.1 Å². The summed E-state index contributed by atoms with van der Waals surface area (Å²) in [5, 5.41) is 8.82. The second-order valence-electron chi connectivity index (χ2n) is 3.90. The Hall–Kier alpha value is -2.02. The number of carbonyl (C=O) groups is 1. The topological polar surface area (TPSA) is 59.3 Å². The molecule has 0 fully saturated rings. The summed E-state index contributed by atoms with van der Waals surface area (Å²) >= 11 is 0. The van der Waals surface area contributed by atoms with Gasteiger partial charge in [0.15, 0.2) is 0 Å². The SMILES string of the molecule is CCOC(=O)C1COc2ccc(C#N)cc2C1. The third kappa shape index (κ3) is 2.39. The molecule has 1 aromatic carbocycles. The van der Waals surface area contributed by atoms with E-state index in [2.05, 4.69) is 6.07 Å². The summed E-state index contributed by atoms with van der Waals surface area (Å²) in [7, 11) is 0. The van der Waals surface area contributed by atoms with E-state index in [-0.39, 0.29) is 11.9 Å². The van der Waals surface area contributed by atoms with Crippen LogP contribution in [-0.2, 0) is 16.0 Å². The van der Waals surface area contributed by atoms with Crippen LogP contribution in [0.2, 0.25) is 0 Å². The van der Waals surface area contributed by atoms with Crippen LogP contribution in [0.4, 0.5) is 0 Å². The third-order valence-corrected chi connectivity index (χ3v) is 2.72. The molecular weight excluding hydrogens is 218 g/mol. The lowest BCUT2D eigenvalue weighted by Gasteiger charge is -2.23. The number of rotatable bonds is 2. The molecule has 0 amide bonds. The first-order chi connectivity index (χ1) is 8.24. The van der Waals surface area contributed by atoms with Crippen LogP contribution < -0.4 is 4.74 Å². The second-order valence-corrected chi connectivity index (χ2v) is 3.90. The highest BCUT2D eigenvalue weighted by Gasteiger charge is 2.27. The van der Waals surface area contributed by atoms with E-state index in [4.69, 9.17) is 14.7 Å². The quantitative estimate of drug-likeness (QED) is 0.726. The number of nitrogens with zero attached hydrogens (tertiary/aromatic N) is 1. The van der Waals surface area contributed by atoms with Crippen molar-refractivity contribution in [2.24, 2.45) is 5.92 Å². The zero-order valence-corrected chi connectivity index (χ0v) is 9.60. The number of hydrogen-bond acceptors (Lipinski definition) is 4. The van der Waals surface area contributed by atoms with Crippen LogP contribution in [0.3, 0.4) is 0 Å². The molecule has 88 valence electrons. The predicted molar refractivity (Wildman–Crippen MR) is 60.5 cm³/mol. The highest BCUT2D eigenvalue weighted by Crippen LogP contribution is 2.28. The third-order valence-electron chi connectivity index (χ3n) is 2.72. The molecule has 0 saturated heterocycles. The molecule has 1 heterocycles. The van der Waals surface area contributed by atoms with Gasteiger partial charge in [-0.2, -0.15) is 5.26 Å². The molecule has 1 unspecified atom stereocenters. The monoisotopic (exact) mass is 231 g/mol. The first kappa shape index (κ1) is 11.5. The average Bonchev–Trinajstić information content (AvgIpc) is 2.37. The molecule has 1 aliphatic heterocycles. The lowest BCUT2D eigenvalue weighted by atomic mass is 9.95. The van der Waals surface area contributed by atoms with Gasteiger partial charge in [0.2, 0.25) is 0 Å². The van der Waals surface area contributed by atoms with Gasteiger partial charge in [0, 0.05) is 0 Å². The molecule has 0 bridgehead atoms. The zero-order valence-electron chi connectivity index (χ0n) is 9.60. The maximum atomic E-state index is 11.6. The summed E-state index contributed by atoms with van der Waals surface area (Å²) in [5.41, 5.74) is 1.48. The molecule has 1 aromatic rings. The Morgan fingerprint density at radius 1 is 1.65 bits per heavy atom. The van der Waals surface area contributed by atoms with Gasteiger partial charge in [0.05, 0.1) is 24.2 Å². The van der Waals surface area contributed by atoms with Gasteiger partial charge in [0.1, 0.15) is 12.4 Å². The molecule has 4 heteroatoms. The number of fused-ring (bicyclic) bond motifs is 1. The fourth-order valence-corrected chi connectivity index (χ4v) is 1.88. The molecule has 0 radical (unpaired) electrons. The fraction of sp³-hybridized carbons (Fsp3) is 0.385. The molecule has 17 heavy (non-hydrogen) atoms. The molecule has 0 aliphatic carbocycles. The van der Waals surface area contributed by atoms with E-state index in [0.29, 0.717) is 25.2 Å². The Bertz CT molecular complexity index is 476. The summed E-state index contributed by atoms with van der Waals surface area (Å²) in [4.78, 5) is 11.6. The van der Waals surface area contributed by atoms with E-state index < -0.39 is 0 Å². The van der Waals surface area contributed by atoms with Gasteiger partial charge in [-0.05, 0) is 37.1 Å². The van der Waals surface area contributed by atoms with E-state index in [1.165, 1.54) is 0 Å². The van der Waals surface area contributed by atoms with E-state index in [9.17, 15) is 4.79 Å². The summed E-state index contributed by atoms with van der Waals surface area (Å²) < 4.78 is 10.5. The number of benzene rings is 1. The Kier molecular flexibility index (Phi) is 3.29. The highest BCUT2D eigenvalue weighted by atomic mass is 16.5. The van der Waals surface area contributed by atoms with Gasteiger partial charge in [0.25, 0.3) is 0 Å². The van der Waals surface area contributed by atoms with Crippen molar-refractivity contribution in [2.75, 3.05) is 13.2 Å². The number of hydrogen-bond donors (Lipinski definition) is 0. The Morgan fingerprint density at radius 3 is 3.18 bits per heavy atom. The fourth-order valence-electron chi connectivity index (χ4n) is 1.88. The van der Waals surface area contributed by atoms with Crippen molar-refractivity contribution in [1.82, 2.24) is 0 Å². The van der Waals surface area contributed by atoms with Crippen LogP contribution in [0.1, 0.15) is 18.1 Å². The maximum Gasteiger partial charge on any atom is 0.312 e. The number of carbonyl (C=O) groups excluding carboxylic acids is 1. The van der Waals surface area contributed by atoms with Gasteiger partial charge in [-0.1, -0.05) is 0 Å². The summed E-state index contributed by atoms with van der Waals surface area (Å²) in [5.74, 6) is 0.251. The minimum atomic E-state index is -0.267. The normalized spacial score (nSPS) is 17.5. The van der Waals surface area contributed by atoms with Gasteiger partial charge < -0.3 is 9.47 Å². The van der Waals surface area contributed by atoms with E-state index >= 15 is 0 Å². The highest BCUT2D eigenvalue weighted by molar-refractivity contribution is 5.73. The second kappa shape index (κ2) is 4.88. The Labute approximate surface area is 99.8 Å². The molecule has 1 atom stereocenters. The van der Waals surface area contributed by atoms with E-state index in [1.807, 2.05) is 0 Å². The van der Waals surface area contributed by atoms with Gasteiger partial charge in [-0.15, -0.1) is 0 Å². The molecule has 0 aromatic heterocycles. The first-order valence-electron chi connectivity index (χ1n) is 5.57. The van der Waals surface area contributed by atoms with Crippen molar-refractivity contribution >= 4 is 5.97 Å². The average molecular weight is 231 g/mol. The summed E-state index contributed by atoms with van der Waals surface area (Å²) in [6.07, 6.45) is 0.573. The summed E-state index contributed by atoms with van der Waals surface area (Å²) in [6, 6.07) is 7.32. The Balaban J connectivity index is 2.17. The van der Waals surface area contributed by atoms with Crippen molar-refractivity contribution in [3.8, 4) is 11.8 Å². The van der Waals surface area contributed by atoms with Crippen LogP contribution in [-0.4, -0.2) is 19.2 Å². The molecular formula is C13H13NO3. The standard InChI is InChI=1S/C13H13NO3/c1-2-16-13(15)11-6-10-5-9(7-14)3-4-12(10)17-8-11/h3-5,11H,2,6,8H2,1H3. The lowest BCUT2D eigenvalue weighted by Crippen LogP contribution is -2.29. The molecule has 0 spiro atoms. The minimum Gasteiger partial charge on any atom is -0.492 e. The first-order valence-corrected chi connectivity index (χ1v) is 5.57.